The predicted octanol–water partition coefficient (Wildman–Crippen LogP) is 2.97. The number of para-hydroxylation sites is 1. The molecule has 1 heterocycles. The standard InChI is InChI=1S/C22H28N2O4S/c1-2-18-9-11-20(12-10-18)29(26,27)24-14-6-13-22(16-24,15-21(23)25)17-28-19-7-4-3-5-8-19/h3-5,7-12H,2,6,13-17H2,1H3,(H2,23,25)/t22-/m0/s1. The number of ether oxygens (including phenoxy) is 1. The van der Waals surface area contributed by atoms with Gasteiger partial charge in [-0.05, 0) is 49.1 Å². The van der Waals surface area contributed by atoms with E-state index in [9.17, 15) is 13.2 Å². The number of sulfonamides is 1. The van der Waals surface area contributed by atoms with Crippen molar-refractivity contribution < 1.29 is 17.9 Å². The molecule has 1 atom stereocenters. The summed E-state index contributed by atoms with van der Waals surface area (Å²) in [5.74, 6) is 0.236. The Morgan fingerprint density at radius 3 is 2.45 bits per heavy atom. The van der Waals surface area contributed by atoms with Crippen LogP contribution >= 0.6 is 0 Å². The molecular weight excluding hydrogens is 388 g/mol. The Hall–Kier alpha value is -2.38. The number of carbonyl (C=O) groups is 1. The van der Waals surface area contributed by atoms with Gasteiger partial charge in [-0.1, -0.05) is 37.3 Å². The number of piperidine rings is 1. The lowest BCUT2D eigenvalue weighted by molar-refractivity contribution is -0.121. The fraction of sp³-hybridized carbons (Fsp3) is 0.409. The topological polar surface area (TPSA) is 89.7 Å². The summed E-state index contributed by atoms with van der Waals surface area (Å²) in [6.07, 6.45) is 2.27. The smallest absolute Gasteiger partial charge is 0.243 e. The van der Waals surface area contributed by atoms with Crippen molar-refractivity contribution in [2.45, 2.75) is 37.5 Å². The fourth-order valence-corrected chi connectivity index (χ4v) is 5.44. The van der Waals surface area contributed by atoms with Crippen molar-refractivity contribution in [1.29, 1.82) is 0 Å². The first-order chi connectivity index (χ1) is 13.8. The number of rotatable bonds is 8. The second kappa shape index (κ2) is 8.97. The molecule has 6 nitrogen and oxygen atoms in total. The van der Waals surface area contributed by atoms with Crippen LogP contribution in [0.25, 0.3) is 0 Å². The first-order valence-corrected chi connectivity index (χ1v) is 11.3. The third kappa shape index (κ3) is 5.16. The van der Waals surface area contributed by atoms with Gasteiger partial charge in [-0.15, -0.1) is 0 Å². The predicted molar refractivity (Wildman–Crippen MR) is 112 cm³/mol. The van der Waals surface area contributed by atoms with Gasteiger partial charge in [0.25, 0.3) is 0 Å². The highest BCUT2D eigenvalue weighted by atomic mass is 32.2. The second-order valence-electron chi connectivity index (χ2n) is 7.68. The summed E-state index contributed by atoms with van der Waals surface area (Å²) >= 11 is 0. The minimum Gasteiger partial charge on any atom is -0.493 e. The number of hydrogen-bond acceptors (Lipinski definition) is 4. The molecule has 1 aliphatic heterocycles. The van der Waals surface area contributed by atoms with Crippen LogP contribution < -0.4 is 10.5 Å². The zero-order chi connectivity index (χ0) is 20.9. The van der Waals surface area contributed by atoms with Crippen molar-refractivity contribution in [2.75, 3.05) is 19.7 Å². The zero-order valence-electron chi connectivity index (χ0n) is 16.7. The SMILES string of the molecule is CCc1ccc(S(=O)(=O)N2CCC[C@](COc3ccccc3)(CC(N)=O)C2)cc1. The third-order valence-electron chi connectivity index (χ3n) is 5.43. The molecule has 29 heavy (non-hydrogen) atoms. The highest BCUT2D eigenvalue weighted by molar-refractivity contribution is 7.89. The first kappa shape index (κ1) is 21.3. The minimum absolute atomic E-state index is 0.0840. The molecule has 3 rings (SSSR count). The molecule has 0 bridgehead atoms. The Labute approximate surface area is 172 Å². The Bertz CT molecular complexity index is 929. The summed E-state index contributed by atoms with van der Waals surface area (Å²) in [7, 11) is -3.65. The summed E-state index contributed by atoms with van der Waals surface area (Å²) in [5, 5.41) is 0. The molecule has 0 saturated carbocycles. The van der Waals surface area contributed by atoms with Gasteiger partial charge in [-0.2, -0.15) is 4.31 Å². The number of nitrogens with zero attached hydrogens (tertiary/aromatic N) is 1. The largest absolute Gasteiger partial charge is 0.493 e. The van der Waals surface area contributed by atoms with Gasteiger partial charge in [-0.25, -0.2) is 8.42 Å². The maximum Gasteiger partial charge on any atom is 0.243 e. The van der Waals surface area contributed by atoms with Crippen LogP contribution in [-0.2, 0) is 21.2 Å². The van der Waals surface area contributed by atoms with E-state index in [0.29, 0.717) is 25.1 Å². The average molecular weight is 417 g/mol. The summed E-state index contributed by atoms with van der Waals surface area (Å²) in [4.78, 5) is 12.1. The fourth-order valence-electron chi connectivity index (χ4n) is 3.85. The molecule has 1 aliphatic rings. The number of aryl methyl sites for hydroxylation is 1. The summed E-state index contributed by atoms with van der Waals surface area (Å²) in [6, 6.07) is 16.3. The van der Waals surface area contributed by atoms with Gasteiger partial charge in [0, 0.05) is 24.9 Å². The van der Waals surface area contributed by atoms with E-state index in [1.807, 2.05) is 49.4 Å². The summed E-state index contributed by atoms with van der Waals surface area (Å²) in [6.45, 7) is 2.89. The summed E-state index contributed by atoms with van der Waals surface area (Å²) < 4.78 is 33.8. The highest BCUT2D eigenvalue weighted by Crippen LogP contribution is 2.36. The molecule has 2 aromatic rings. The van der Waals surface area contributed by atoms with E-state index in [-0.39, 0.29) is 24.5 Å². The van der Waals surface area contributed by atoms with E-state index in [2.05, 4.69) is 0 Å². The van der Waals surface area contributed by atoms with Gasteiger partial charge < -0.3 is 10.5 Å². The van der Waals surface area contributed by atoms with Crippen LogP contribution in [0.1, 0.15) is 31.7 Å². The van der Waals surface area contributed by atoms with Crippen molar-refractivity contribution in [3.05, 3.63) is 60.2 Å². The van der Waals surface area contributed by atoms with Crippen LogP contribution in [0.4, 0.5) is 0 Å². The quantitative estimate of drug-likeness (QED) is 0.716. The minimum atomic E-state index is -3.65. The van der Waals surface area contributed by atoms with Gasteiger partial charge in [-0.3, -0.25) is 4.79 Å². The van der Waals surface area contributed by atoms with Crippen LogP contribution in [0.3, 0.4) is 0 Å². The molecule has 0 aromatic heterocycles. The molecule has 2 aromatic carbocycles. The average Bonchev–Trinajstić information content (AvgIpc) is 2.73. The highest BCUT2D eigenvalue weighted by Gasteiger charge is 2.42. The Balaban J connectivity index is 1.82. The molecule has 1 fully saturated rings. The summed E-state index contributed by atoms with van der Waals surface area (Å²) in [5.41, 5.74) is 5.96. The van der Waals surface area contributed by atoms with Gasteiger partial charge in [0.1, 0.15) is 5.75 Å². The zero-order valence-corrected chi connectivity index (χ0v) is 17.5. The Morgan fingerprint density at radius 2 is 1.83 bits per heavy atom. The molecule has 0 radical (unpaired) electrons. The van der Waals surface area contributed by atoms with E-state index < -0.39 is 21.3 Å². The first-order valence-electron chi connectivity index (χ1n) is 9.90. The maximum atomic E-state index is 13.2. The van der Waals surface area contributed by atoms with Crippen molar-refractivity contribution >= 4 is 15.9 Å². The normalized spacial score (nSPS) is 20.3. The number of benzene rings is 2. The molecule has 0 spiro atoms. The second-order valence-corrected chi connectivity index (χ2v) is 9.62. The Kier molecular flexibility index (Phi) is 6.59. The van der Waals surface area contributed by atoms with Crippen molar-refractivity contribution in [2.24, 2.45) is 11.1 Å². The van der Waals surface area contributed by atoms with Crippen molar-refractivity contribution in [3.8, 4) is 5.75 Å². The maximum absolute atomic E-state index is 13.2. The molecule has 2 N–H and O–H groups in total. The molecule has 156 valence electrons. The van der Waals surface area contributed by atoms with Crippen molar-refractivity contribution in [3.63, 3.8) is 0 Å². The number of primary amides is 1. The molecular formula is C22H28N2O4S. The monoisotopic (exact) mass is 416 g/mol. The van der Waals surface area contributed by atoms with Crippen molar-refractivity contribution in [1.82, 2.24) is 4.31 Å². The number of hydrogen-bond donors (Lipinski definition) is 1. The number of nitrogens with two attached hydrogens (primary N) is 1. The van der Waals surface area contributed by atoms with Crippen LogP contribution in [0, 0.1) is 5.41 Å². The van der Waals surface area contributed by atoms with E-state index in [0.717, 1.165) is 12.0 Å². The van der Waals surface area contributed by atoms with E-state index >= 15 is 0 Å². The van der Waals surface area contributed by atoms with E-state index in [1.54, 1.807) is 12.1 Å². The van der Waals surface area contributed by atoms with Gasteiger partial charge in [0.05, 0.1) is 11.5 Å². The molecule has 1 saturated heterocycles. The van der Waals surface area contributed by atoms with Gasteiger partial charge in [0.2, 0.25) is 15.9 Å². The van der Waals surface area contributed by atoms with Crippen LogP contribution in [0.5, 0.6) is 5.75 Å². The molecule has 0 unspecified atom stereocenters. The van der Waals surface area contributed by atoms with E-state index in [4.69, 9.17) is 10.5 Å². The van der Waals surface area contributed by atoms with E-state index in [1.165, 1.54) is 4.31 Å². The van der Waals surface area contributed by atoms with Gasteiger partial charge >= 0.3 is 0 Å². The number of amides is 1. The molecule has 7 heteroatoms. The van der Waals surface area contributed by atoms with Crippen LogP contribution in [0.15, 0.2) is 59.5 Å². The number of carbonyl (C=O) groups excluding carboxylic acids is 1. The van der Waals surface area contributed by atoms with Crippen LogP contribution in [0.2, 0.25) is 0 Å². The lowest BCUT2D eigenvalue weighted by Gasteiger charge is -2.41. The Morgan fingerprint density at radius 1 is 1.14 bits per heavy atom. The van der Waals surface area contributed by atoms with Gasteiger partial charge in [0.15, 0.2) is 0 Å². The third-order valence-corrected chi connectivity index (χ3v) is 7.29. The lowest BCUT2D eigenvalue weighted by Crippen LogP contribution is -2.50. The molecule has 1 amide bonds. The van der Waals surface area contributed by atoms with Crippen LogP contribution in [-0.4, -0.2) is 38.3 Å². The lowest BCUT2D eigenvalue weighted by atomic mass is 9.78. The molecule has 0 aliphatic carbocycles.